The van der Waals surface area contributed by atoms with Crippen LogP contribution in [0.5, 0.6) is 0 Å². The second-order valence-corrected chi connectivity index (χ2v) is 7.71. The number of carbonyl (C=O) groups excluding carboxylic acids is 2. The van der Waals surface area contributed by atoms with Gasteiger partial charge in [0, 0.05) is 4.88 Å². The molecule has 0 aliphatic heterocycles. The number of hydrogen-bond acceptors (Lipinski definition) is 5. The number of hydrogen-bond donors (Lipinski definition) is 2. The van der Waals surface area contributed by atoms with Crippen LogP contribution in [0.4, 0.5) is 5.00 Å². The van der Waals surface area contributed by atoms with Gasteiger partial charge in [0.25, 0.3) is 0 Å². The molecular formula is C18H23NO5S. The van der Waals surface area contributed by atoms with Crippen LogP contribution < -0.4 is 5.32 Å². The number of thiophene rings is 1. The number of carboxylic acid groups (broad SMARTS) is 1. The van der Waals surface area contributed by atoms with E-state index in [4.69, 9.17) is 4.74 Å². The van der Waals surface area contributed by atoms with E-state index in [-0.39, 0.29) is 12.5 Å². The van der Waals surface area contributed by atoms with Gasteiger partial charge >= 0.3 is 11.9 Å². The molecule has 2 aliphatic carbocycles. The normalized spacial score (nSPS) is 22.3. The fourth-order valence-corrected chi connectivity index (χ4v) is 5.14. The average molecular weight is 365 g/mol. The molecule has 1 heterocycles. The standard InChI is InChI=1S/C18H23NO5S/c1-2-24-18(23)14-12-8-5-9-13(12)25-16(14)19-15(20)10-6-3-4-7-11(10)17(21)22/h10-11H,2-9H2,1H3,(H,19,20)(H,21,22)/t10-,11+/m1/s1. The Labute approximate surface area is 150 Å². The van der Waals surface area contributed by atoms with Crippen LogP contribution in [0, 0.1) is 11.8 Å². The van der Waals surface area contributed by atoms with Crippen LogP contribution in [0.1, 0.15) is 59.8 Å². The molecule has 2 N–H and O–H groups in total. The second-order valence-electron chi connectivity index (χ2n) is 6.61. The molecule has 6 nitrogen and oxygen atoms in total. The van der Waals surface area contributed by atoms with Crippen LogP contribution in [0.2, 0.25) is 0 Å². The highest BCUT2D eigenvalue weighted by molar-refractivity contribution is 7.17. The first-order valence-corrected chi connectivity index (χ1v) is 9.69. The number of carbonyl (C=O) groups is 3. The lowest BCUT2D eigenvalue weighted by molar-refractivity contribution is -0.147. The van der Waals surface area contributed by atoms with Crippen molar-refractivity contribution in [2.24, 2.45) is 11.8 Å². The Bertz CT molecular complexity index is 696. The molecule has 0 radical (unpaired) electrons. The molecule has 2 aliphatic rings. The molecule has 0 bridgehead atoms. The van der Waals surface area contributed by atoms with Gasteiger partial charge in [-0.1, -0.05) is 12.8 Å². The van der Waals surface area contributed by atoms with Crippen molar-refractivity contribution in [2.75, 3.05) is 11.9 Å². The quantitative estimate of drug-likeness (QED) is 0.782. The van der Waals surface area contributed by atoms with Crippen LogP contribution in [-0.2, 0) is 27.2 Å². The zero-order valence-corrected chi connectivity index (χ0v) is 15.1. The number of fused-ring (bicyclic) bond motifs is 1. The molecule has 0 spiro atoms. The van der Waals surface area contributed by atoms with Crippen LogP contribution >= 0.6 is 11.3 Å². The molecule has 0 saturated heterocycles. The van der Waals surface area contributed by atoms with Crippen molar-refractivity contribution in [2.45, 2.75) is 51.9 Å². The van der Waals surface area contributed by atoms with Crippen LogP contribution in [-0.4, -0.2) is 29.6 Å². The number of esters is 1. The largest absolute Gasteiger partial charge is 0.481 e. The molecule has 0 aromatic carbocycles. The predicted molar refractivity (Wildman–Crippen MR) is 94.0 cm³/mol. The Morgan fingerprint density at radius 3 is 2.56 bits per heavy atom. The van der Waals surface area contributed by atoms with Crippen molar-refractivity contribution in [3.05, 3.63) is 16.0 Å². The molecule has 1 amide bonds. The number of aryl methyl sites for hydroxylation is 1. The van der Waals surface area contributed by atoms with E-state index in [1.807, 2.05) is 0 Å². The van der Waals surface area contributed by atoms with Gasteiger partial charge in [-0.2, -0.15) is 0 Å². The van der Waals surface area contributed by atoms with E-state index >= 15 is 0 Å². The SMILES string of the molecule is CCOC(=O)c1c(NC(=O)[C@@H]2CCCC[C@@H]2C(=O)O)sc2c1CCC2. The molecule has 7 heteroatoms. The fraction of sp³-hybridized carbons (Fsp3) is 0.611. The smallest absolute Gasteiger partial charge is 0.341 e. The lowest BCUT2D eigenvalue weighted by Gasteiger charge is -2.27. The number of rotatable bonds is 5. The van der Waals surface area contributed by atoms with E-state index in [0.29, 0.717) is 23.4 Å². The molecule has 0 unspecified atom stereocenters. The average Bonchev–Trinajstić information content (AvgIpc) is 3.15. The van der Waals surface area contributed by atoms with Crippen LogP contribution in [0.3, 0.4) is 0 Å². The predicted octanol–water partition coefficient (Wildman–Crippen LogP) is 3.24. The Morgan fingerprint density at radius 1 is 1.16 bits per heavy atom. The summed E-state index contributed by atoms with van der Waals surface area (Å²) >= 11 is 1.42. The Morgan fingerprint density at radius 2 is 1.88 bits per heavy atom. The Balaban J connectivity index is 1.83. The molecule has 1 saturated carbocycles. The summed E-state index contributed by atoms with van der Waals surface area (Å²) < 4.78 is 5.16. The van der Waals surface area contributed by atoms with E-state index in [1.54, 1.807) is 6.92 Å². The first-order chi connectivity index (χ1) is 12.0. The summed E-state index contributed by atoms with van der Waals surface area (Å²) in [5, 5.41) is 12.7. The summed E-state index contributed by atoms with van der Waals surface area (Å²) in [7, 11) is 0. The first kappa shape index (κ1) is 17.9. The molecule has 3 rings (SSSR count). The number of aliphatic carboxylic acids is 1. The molecule has 2 atom stereocenters. The van der Waals surface area contributed by atoms with E-state index in [0.717, 1.165) is 42.5 Å². The van der Waals surface area contributed by atoms with E-state index in [1.165, 1.54) is 11.3 Å². The van der Waals surface area contributed by atoms with Gasteiger partial charge in [0.05, 0.1) is 24.0 Å². The zero-order valence-electron chi connectivity index (χ0n) is 14.3. The number of ether oxygens (including phenoxy) is 1. The third kappa shape index (κ3) is 3.56. The lowest BCUT2D eigenvalue weighted by Crippen LogP contribution is -2.36. The van der Waals surface area contributed by atoms with E-state index in [9.17, 15) is 19.5 Å². The molecule has 1 aromatic rings. The van der Waals surface area contributed by atoms with Gasteiger partial charge in [0.15, 0.2) is 0 Å². The highest BCUT2D eigenvalue weighted by atomic mass is 32.1. The van der Waals surface area contributed by atoms with Gasteiger partial charge in [-0.15, -0.1) is 11.3 Å². The first-order valence-electron chi connectivity index (χ1n) is 8.88. The molecule has 1 fully saturated rings. The summed E-state index contributed by atoms with van der Waals surface area (Å²) in [6, 6.07) is 0. The summed E-state index contributed by atoms with van der Waals surface area (Å²) in [5.74, 6) is -2.81. The van der Waals surface area contributed by atoms with Crippen molar-refractivity contribution in [3.63, 3.8) is 0 Å². The Hall–Kier alpha value is -1.89. The van der Waals surface area contributed by atoms with Gasteiger partial charge < -0.3 is 15.2 Å². The molecular weight excluding hydrogens is 342 g/mol. The van der Waals surface area contributed by atoms with Crippen LogP contribution in [0.25, 0.3) is 0 Å². The number of carboxylic acids is 1. The maximum Gasteiger partial charge on any atom is 0.341 e. The van der Waals surface area contributed by atoms with Gasteiger partial charge in [-0.25, -0.2) is 4.79 Å². The number of anilines is 1. The van der Waals surface area contributed by atoms with Gasteiger partial charge in [0.2, 0.25) is 5.91 Å². The minimum Gasteiger partial charge on any atom is -0.481 e. The van der Waals surface area contributed by atoms with Gasteiger partial charge in [-0.3, -0.25) is 9.59 Å². The third-order valence-corrected chi connectivity index (χ3v) is 6.26. The summed E-state index contributed by atoms with van der Waals surface area (Å²) in [6.07, 6.45) is 5.52. The maximum atomic E-state index is 12.7. The van der Waals surface area contributed by atoms with Crippen molar-refractivity contribution in [1.29, 1.82) is 0 Å². The maximum absolute atomic E-state index is 12.7. The topological polar surface area (TPSA) is 92.7 Å². The summed E-state index contributed by atoms with van der Waals surface area (Å²) in [4.78, 5) is 37.6. The summed E-state index contributed by atoms with van der Waals surface area (Å²) in [6.45, 7) is 2.03. The minimum atomic E-state index is -0.917. The second kappa shape index (κ2) is 7.56. The van der Waals surface area contributed by atoms with Gasteiger partial charge in [0.1, 0.15) is 5.00 Å². The highest BCUT2D eigenvalue weighted by Gasteiger charge is 2.37. The van der Waals surface area contributed by atoms with E-state index in [2.05, 4.69) is 5.32 Å². The lowest BCUT2D eigenvalue weighted by atomic mass is 9.79. The van der Waals surface area contributed by atoms with Crippen molar-refractivity contribution in [1.82, 2.24) is 0 Å². The highest BCUT2D eigenvalue weighted by Crippen LogP contribution is 2.40. The van der Waals surface area contributed by atoms with Crippen molar-refractivity contribution >= 4 is 34.2 Å². The molecule has 136 valence electrons. The third-order valence-electron chi connectivity index (χ3n) is 5.06. The van der Waals surface area contributed by atoms with Crippen molar-refractivity contribution < 1.29 is 24.2 Å². The monoisotopic (exact) mass is 365 g/mol. The molecule has 25 heavy (non-hydrogen) atoms. The van der Waals surface area contributed by atoms with E-state index < -0.39 is 23.8 Å². The minimum absolute atomic E-state index is 0.278. The number of amides is 1. The fourth-order valence-electron chi connectivity index (χ4n) is 3.86. The van der Waals surface area contributed by atoms with Gasteiger partial charge in [-0.05, 0) is 44.6 Å². The van der Waals surface area contributed by atoms with Crippen LogP contribution in [0.15, 0.2) is 0 Å². The Kier molecular flexibility index (Phi) is 5.42. The van der Waals surface area contributed by atoms with Crippen molar-refractivity contribution in [3.8, 4) is 0 Å². The number of nitrogens with one attached hydrogen (secondary N) is 1. The summed E-state index contributed by atoms with van der Waals surface area (Å²) in [5.41, 5.74) is 1.45. The molecule has 1 aromatic heterocycles. The zero-order chi connectivity index (χ0) is 18.0.